The third-order valence-electron chi connectivity index (χ3n) is 2.84. The first-order valence-corrected chi connectivity index (χ1v) is 8.78. The topological polar surface area (TPSA) is 20.3 Å². The summed E-state index contributed by atoms with van der Waals surface area (Å²) in [6.45, 7) is 3.12. The van der Waals surface area contributed by atoms with Gasteiger partial charge in [-0.25, -0.2) is 0 Å². The normalized spacial score (nSPS) is 10.6. The molecule has 2 aromatic rings. The maximum absolute atomic E-state index is 12.5. The van der Waals surface area contributed by atoms with E-state index in [0.717, 1.165) is 13.8 Å². The Morgan fingerprint density at radius 1 is 1.35 bits per heavy atom. The summed E-state index contributed by atoms with van der Waals surface area (Å²) in [7, 11) is 0. The van der Waals surface area contributed by atoms with Crippen LogP contribution in [0, 0.1) is 0 Å². The predicted octanol–water partition coefficient (Wildman–Crippen LogP) is 5.59. The fourth-order valence-electron chi connectivity index (χ4n) is 1.77. The van der Waals surface area contributed by atoms with Gasteiger partial charge in [-0.1, -0.05) is 29.8 Å². The number of halogens is 3. The number of carbonyl (C=O) groups excluding carboxylic acids is 1. The third-order valence-corrected chi connectivity index (χ3v) is 6.46. The molecule has 0 fully saturated rings. The van der Waals surface area contributed by atoms with Crippen LogP contribution >= 0.6 is 54.8 Å². The van der Waals surface area contributed by atoms with Gasteiger partial charge in [0.05, 0.1) is 8.66 Å². The minimum atomic E-state index is 0.0174. The number of thiophene rings is 1. The van der Waals surface area contributed by atoms with Crippen LogP contribution in [0.1, 0.15) is 22.2 Å². The fraction of sp³-hybridized carbons (Fsp3) is 0.214. The molecule has 20 heavy (non-hydrogen) atoms. The largest absolute Gasteiger partial charge is 0.334 e. The van der Waals surface area contributed by atoms with Crippen molar-refractivity contribution in [3.63, 3.8) is 0 Å². The van der Waals surface area contributed by atoms with Crippen molar-refractivity contribution in [1.82, 2.24) is 4.90 Å². The first-order chi connectivity index (χ1) is 9.52. The molecule has 6 heteroatoms. The Hall–Kier alpha value is -0.360. The molecule has 0 aliphatic carbocycles. The zero-order chi connectivity index (χ0) is 14.7. The average molecular weight is 438 g/mol. The molecule has 0 radical (unpaired) electrons. The van der Waals surface area contributed by atoms with Crippen molar-refractivity contribution in [2.45, 2.75) is 13.5 Å². The minimum absolute atomic E-state index is 0.0174. The zero-order valence-corrected chi connectivity index (χ0v) is 15.4. The van der Waals surface area contributed by atoms with Gasteiger partial charge in [0.1, 0.15) is 0 Å². The predicted molar refractivity (Wildman–Crippen MR) is 91.6 cm³/mol. The lowest BCUT2D eigenvalue weighted by molar-refractivity contribution is 0.0757. The van der Waals surface area contributed by atoms with Gasteiger partial charge in [-0.2, -0.15) is 0 Å². The van der Waals surface area contributed by atoms with Crippen molar-refractivity contribution in [1.29, 1.82) is 0 Å². The molecule has 0 saturated carbocycles. The van der Waals surface area contributed by atoms with Crippen LogP contribution in [0.5, 0.6) is 0 Å². The summed E-state index contributed by atoms with van der Waals surface area (Å²) in [4.78, 5) is 15.0. The van der Waals surface area contributed by atoms with Crippen LogP contribution in [0.4, 0.5) is 0 Å². The highest BCUT2D eigenvalue weighted by Crippen LogP contribution is 2.33. The van der Waals surface area contributed by atoms with E-state index >= 15 is 0 Å². The SMILES string of the molecule is CCN(Cc1ccccc1Cl)C(=O)c1cc(Br)c(Br)s1. The van der Waals surface area contributed by atoms with Crippen LogP contribution < -0.4 is 0 Å². The van der Waals surface area contributed by atoms with E-state index in [1.54, 1.807) is 4.90 Å². The number of nitrogens with zero attached hydrogens (tertiary/aromatic N) is 1. The Balaban J connectivity index is 2.20. The number of hydrogen-bond donors (Lipinski definition) is 0. The highest BCUT2D eigenvalue weighted by atomic mass is 79.9. The molecule has 106 valence electrons. The van der Waals surface area contributed by atoms with Crippen LogP contribution in [0.15, 0.2) is 38.6 Å². The second-order valence-corrected chi connectivity index (χ2v) is 7.77. The third kappa shape index (κ3) is 3.64. The number of amides is 1. The van der Waals surface area contributed by atoms with Crippen LogP contribution in [0.2, 0.25) is 5.02 Å². The zero-order valence-electron chi connectivity index (χ0n) is 10.7. The van der Waals surface area contributed by atoms with Gasteiger partial charge in [0.2, 0.25) is 0 Å². The second kappa shape index (κ2) is 7.07. The molecule has 1 aromatic carbocycles. The molecule has 0 atom stereocenters. The lowest BCUT2D eigenvalue weighted by atomic mass is 10.2. The summed E-state index contributed by atoms with van der Waals surface area (Å²) in [6, 6.07) is 9.44. The number of rotatable bonds is 4. The molecule has 1 amide bonds. The summed E-state index contributed by atoms with van der Waals surface area (Å²) in [5, 5.41) is 0.687. The lowest BCUT2D eigenvalue weighted by Crippen LogP contribution is -2.29. The molecule has 0 saturated heterocycles. The van der Waals surface area contributed by atoms with Crippen molar-refractivity contribution in [3.8, 4) is 0 Å². The molecule has 2 nitrogen and oxygen atoms in total. The van der Waals surface area contributed by atoms with Gasteiger partial charge in [0.25, 0.3) is 5.91 Å². The van der Waals surface area contributed by atoms with Gasteiger partial charge < -0.3 is 4.90 Å². The maximum Gasteiger partial charge on any atom is 0.264 e. The lowest BCUT2D eigenvalue weighted by Gasteiger charge is -2.20. The molecule has 2 rings (SSSR count). The molecule has 0 bridgehead atoms. The average Bonchev–Trinajstić information content (AvgIpc) is 2.77. The van der Waals surface area contributed by atoms with E-state index in [2.05, 4.69) is 31.9 Å². The summed E-state index contributed by atoms with van der Waals surface area (Å²) in [5.41, 5.74) is 0.957. The van der Waals surface area contributed by atoms with Crippen molar-refractivity contribution < 1.29 is 4.79 Å². The van der Waals surface area contributed by atoms with Crippen molar-refractivity contribution >= 4 is 60.7 Å². The Labute approximate surface area is 144 Å². The van der Waals surface area contributed by atoms with E-state index in [9.17, 15) is 4.79 Å². The second-order valence-electron chi connectivity index (χ2n) is 4.14. The van der Waals surface area contributed by atoms with Gasteiger partial charge in [0, 0.05) is 22.6 Å². The van der Waals surface area contributed by atoms with Gasteiger partial charge >= 0.3 is 0 Å². The number of hydrogen-bond acceptors (Lipinski definition) is 2. The molecular weight excluding hydrogens is 425 g/mol. The van der Waals surface area contributed by atoms with E-state index in [0.29, 0.717) is 23.0 Å². The fourth-order valence-corrected chi connectivity index (χ4v) is 3.97. The van der Waals surface area contributed by atoms with E-state index in [-0.39, 0.29) is 5.91 Å². The molecule has 0 aliphatic rings. The van der Waals surface area contributed by atoms with E-state index in [1.807, 2.05) is 37.3 Å². The Morgan fingerprint density at radius 3 is 2.60 bits per heavy atom. The van der Waals surface area contributed by atoms with Gasteiger partial charge in [0.15, 0.2) is 0 Å². The number of carbonyl (C=O) groups is 1. The van der Waals surface area contributed by atoms with E-state index < -0.39 is 0 Å². The molecule has 1 heterocycles. The summed E-state index contributed by atoms with van der Waals surface area (Å²) in [5.74, 6) is 0.0174. The van der Waals surface area contributed by atoms with Gasteiger partial charge in [-0.05, 0) is 56.5 Å². The highest BCUT2D eigenvalue weighted by molar-refractivity contribution is 9.13. The van der Waals surface area contributed by atoms with E-state index in [1.165, 1.54) is 11.3 Å². The first kappa shape index (κ1) is 16.0. The minimum Gasteiger partial charge on any atom is -0.334 e. The number of benzene rings is 1. The van der Waals surface area contributed by atoms with Crippen LogP contribution in [-0.4, -0.2) is 17.4 Å². The quantitative estimate of drug-likeness (QED) is 0.611. The molecule has 0 aliphatic heterocycles. The van der Waals surface area contributed by atoms with Gasteiger partial charge in [-0.3, -0.25) is 4.79 Å². The maximum atomic E-state index is 12.5. The Morgan fingerprint density at radius 2 is 2.05 bits per heavy atom. The monoisotopic (exact) mass is 435 g/mol. The van der Waals surface area contributed by atoms with Crippen molar-refractivity contribution in [2.75, 3.05) is 6.54 Å². The summed E-state index contributed by atoms with van der Waals surface area (Å²) in [6.07, 6.45) is 0. The Bertz CT molecular complexity index is 610. The standard InChI is InChI=1S/C14H12Br2ClNOS/c1-2-18(8-9-5-3-4-6-11(9)17)14(19)12-7-10(15)13(16)20-12/h3-7H,2,8H2,1H3. The van der Waals surface area contributed by atoms with Gasteiger partial charge in [-0.15, -0.1) is 11.3 Å². The molecular formula is C14H12Br2ClNOS. The van der Waals surface area contributed by atoms with Crippen molar-refractivity contribution in [2.24, 2.45) is 0 Å². The van der Waals surface area contributed by atoms with E-state index in [4.69, 9.17) is 11.6 Å². The van der Waals surface area contributed by atoms with Crippen LogP contribution in [0.25, 0.3) is 0 Å². The highest BCUT2D eigenvalue weighted by Gasteiger charge is 2.18. The smallest absolute Gasteiger partial charge is 0.264 e. The summed E-state index contributed by atoms with van der Waals surface area (Å²) < 4.78 is 1.83. The van der Waals surface area contributed by atoms with Crippen LogP contribution in [-0.2, 0) is 6.54 Å². The molecule has 0 unspecified atom stereocenters. The first-order valence-electron chi connectivity index (χ1n) is 6.00. The molecule has 1 aromatic heterocycles. The molecule has 0 spiro atoms. The summed E-state index contributed by atoms with van der Waals surface area (Å²) >= 11 is 14.4. The Kier molecular flexibility index (Phi) is 5.66. The van der Waals surface area contributed by atoms with Crippen LogP contribution in [0.3, 0.4) is 0 Å². The molecule has 0 N–H and O–H groups in total. The van der Waals surface area contributed by atoms with Crippen molar-refractivity contribution in [3.05, 3.63) is 54.1 Å².